The molecule has 84 valence electrons. The van der Waals surface area contributed by atoms with Gasteiger partial charge in [-0.05, 0) is 0 Å². The van der Waals surface area contributed by atoms with Crippen molar-refractivity contribution in [2.24, 2.45) is 0 Å². The Morgan fingerprint density at radius 1 is 0.941 bits per heavy atom. The molecule has 0 amide bonds. The van der Waals surface area contributed by atoms with E-state index >= 15 is 0 Å². The van der Waals surface area contributed by atoms with Crippen LogP contribution in [0.25, 0.3) is 0 Å². The van der Waals surface area contributed by atoms with Crippen molar-refractivity contribution in [2.75, 3.05) is 14.2 Å². The van der Waals surface area contributed by atoms with E-state index in [1.807, 2.05) is 0 Å². The Morgan fingerprint density at radius 2 is 1.24 bits per heavy atom. The molecule has 1 rings (SSSR count). The third-order valence-electron chi connectivity index (χ3n) is 1.60. The van der Waals surface area contributed by atoms with Gasteiger partial charge >= 0.3 is 11.9 Å². The van der Waals surface area contributed by atoms with Crippen LogP contribution in [0, 0.1) is 0 Å². The second kappa shape index (κ2) is 7.36. The topological polar surface area (TPSA) is 106 Å². The molecule has 0 aliphatic carbocycles. The van der Waals surface area contributed by atoms with Crippen LogP contribution in [0.4, 0.5) is 0 Å². The molecular formula is C8H8Li2O7. The molecule has 7 nitrogen and oxygen atoms in total. The molecule has 0 bridgehead atoms. The van der Waals surface area contributed by atoms with E-state index in [0.29, 0.717) is 0 Å². The summed E-state index contributed by atoms with van der Waals surface area (Å²) < 4.78 is 13.1. The standard InChI is InChI=1S/C8H8O7.2Li/c1-13-7(11)5-3(9)4(10)6(15-5)8(12)14-2;;/h9-10H,1-2H3;;. The summed E-state index contributed by atoms with van der Waals surface area (Å²) in [6, 6.07) is 0. The van der Waals surface area contributed by atoms with Gasteiger partial charge in [0.05, 0.1) is 14.2 Å². The van der Waals surface area contributed by atoms with Gasteiger partial charge in [0.15, 0.2) is 0 Å². The number of carbonyl (C=O) groups excluding carboxylic acids is 2. The first kappa shape index (κ1) is 18.4. The van der Waals surface area contributed by atoms with Gasteiger partial charge in [-0.3, -0.25) is 0 Å². The van der Waals surface area contributed by atoms with Gasteiger partial charge in [-0.25, -0.2) is 9.59 Å². The fraction of sp³-hybridized carbons (Fsp3) is 0.250. The SMILES string of the molecule is COC(=O)c1oc(C(=O)OC)c(O)c1O.[Li].[Li]. The van der Waals surface area contributed by atoms with Crippen LogP contribution in [0.5, 0.6) is 11.5 Å². The van der Waals surface area contributed by atoms with Crippen LogP contribution in [0.15, 0.2) is 4.42 Å². The molecule has 0 aliphatic heterocycles. The van der Waals surface area contributed by atoms with Crippen LogP contribution in [-0.4, -0.2) is 74.1 Å². The molecule has 1 aromatic rings. The predicted molar refractivity (Wildman–Crippen MR) is 56.2 cm³/mol. The van der Waals surface area contributed by atoms with Gasteiger partial charge in [0, 0.05) is 37.7 Å². The van der Waals surface area contributed by atoms with Crippen molar-refractivity contribution in [2.45, 2.75) is 0 Å². The van der Waals surface area contributed by atoms with E-state index in [9.17, 15) is 19.8 Å². The minimum absolute atomic E-state index is 0. The van der Waals surface area contributed by atoms with Crippen molar-refractivity contribution in [3.05, 3.63) is 11.5 Å². The van der Waals surface area contributed by atoms with Crippen molar-refractivity contribution < 1.29 is 33.7 Å². The summed E-state index contributed by atoms with van der Waals surface area (Å²) in [5.74, 6) is -5.06. The van der Waals surface area contributed by atoms with E-state index in [1.165, 1.54) is 0 Å². The van der Waals surface area contributed by atoms with Gasteiger partial charge in [-0.15, -0.1) is 0 Å². The monoisotopic (exact) mass is 230 g/mol. The number of methoxy groups -OCH3 is 2. The Balaban J connectivity index is 0. The zero-order chi connectivity index (χ0) is 11.6. The number of furan rings is 1. The zero-order valence-corrected chi connectivity index (χ0v) is 9.94. The third kappa shape index (κ3) is 3.48. The molecule has 0 saturated heterocycles. The molecule has 1 heterocycles. The first-order valence-corrected chi connectivity index (χ1v) is 3.74. The number of carbonyl (C=O) groups is 2. The van der Waals surface area contributed by atoms with E-state index in [4.69, 9.17) is 0 Å². The van der Waals surface area contributed by atoms with Gasteiger partial charge in [-0.1, -0.05) is 0 Å². The number of ether oxygens (including phenoxy) is 2. The molecule has 2 radical (unpaired) electrons. The quantitative estimate of drug-likeness (QED) is 0.521. The minimum Gasteiger partial charge on any atom is -0.501 e. The van der Waals surface area contributed by atoms with Crippen molar-refractivity contribution in [3.8, 4) is 11.5 Å². The number of hydrogen-bond acceptors (Lipinski definition) is 7. The molecule has 0 spiro atoms. The normalized spacial score (nSPS) is 8.59. The molecule has 9 heteroatoms. The van der Waals surface area contributed by atoms with Crippen molar-refractivity contribution in [1.29, 1.82) is 0 Å². The second-order valence-electron chi connectivity index (χ2n) is 2.44. The minimum atomic E-state index is -1.02. The summed E-state index contributed by atoms with van der Waals surface area (Å²) in [6.45, 7) is 0. The summed E-state index contributed by atoms with van der Waals surface area (Å²) >= 11 is 0. The Labute approximate surface area is 120 Å². The Kier molecular flexibility index (Phi) is 7.96. The first-order chi connectivity index (χ1) is 7.02. The van der Waals surface area contributed by atoms with Crippen LogP contribution < -0.4 is 0 Å². The Morgan fingerprint density at radius 3 is 1.47 bits per heavy atom. The average Bonchev–Trinajstić information content (AvgIpc) is 2.54. The molecule has 1 aromatic heterocycles. The van der Waals surface area contributed by atoms with Crippen LogP contribution in [0.1, 0.15) is 21.1 Å². The first-order valence-electron chi connectivity index (χ1n) is 3.74. The van der Waals surface area contributed by atoms with Crippen molar-refractivity contribution in [3.63, 3.8) is 0 Å². The largest absolute Gasteiger partial charge is 0.501 e. The summed E-state index contributed by atoms with van der Waals surface area (Å²) in [4.78, 5) is 21.9. The summed E-state index contributed by atoms with van der Waals surface area (Å²) in [5, 5.41) is 18.4. The van der Waals surface area contributed by atoms with Gasteiger partial charge in [0.25, 0.3) is 11.5 Å². The van der Waals surface area contributed by atoms with E-state index in [2.05, 4.69) is 13.9 Å². The van der Waals surface area contributed by atoms with Gasteiger partial charge in [0.2, 0.25) is 11.5 Å². The van der Waals surface area contributed by atoms with E-state index in [1.54, 1.807) is 0 Å². The molecule has 17 heavy (non-hydrogen) atoms. The molecule has 0 unspecified atom stereocenters. The maximum atomic E-state index is 11.0. The van der Waals surface area contributed by atoms with Gasteiger partial charge < -0.3 is 24.1 Å². The Hall–Kier alpha value is -0.985. The molecule has 0 saturated carbocycles. The van der Waals surface area contributed by atoms with Crippen LogP contribution >= 0.6 is 0 Å². The van der Waals surface area contributed by atoms with Crippen LogP contribution in [0.2, 0.25) is 0 Å². The van der Waals surface area contributed by atoms with Crippen molar-refractivity contribution >= 4 is 49.7 Å². The smallest absolute Gasteiger partial charge is 0.378 e. The maximum Gasteiger partial charge on any atom is 0.378 e. The molecule has 0 aromatic carbocycles. The van der Waals surface area contributed by atoms with E-state index < -0.39 is 35.0 Å². The molecular weight excluding hydrogens is 222 g/mol. The molecule has 2 N–H and O–H groups in total. The zero-order valence-electron chi connectivity index (χ0n) is 9.94. The fourth-order valence-corrected chi connectivity index (χ4v) is 0.876. The molecule has 0 aliphatic rings. The Bertz CT molecular complexity index is 376. The summed E-state index contributed by atoms with van der Waals surface area (Å²) in [5.41, 5.74) is 0. The number of hydrogen-bond donors (Lipinski definition) is 2. The van der Waals surface area contributed by atoms with Crippen LogP contribution in [0.3, 0.4) is 0 Å². The van der Waals surface area contributed by atoms with Gasteiger partial charge in [0.1, 0.15) is 0 Å². The predicted octanol–water partition coefficient (Wildman–Crippen LogP) is -0.498. The van der Waals surface area contributed by atoms with E-state index in [0.717, 1.165) is 14.2 Å². The third-order valence-corrected chi connectivity index (χ3v) is 1.60. The van der Waals surface area contributed by atoms with Gasteiger partial charge in [-0.2, -0.15) is 0 Å². The van der Waals surface area contributed by atoms with Crippen molar-refractivity contribution in [1.82, 2.24) is 0 Å². The number of aromatic hydroxyl groups is 2. The number of rotatable bonds is 2. The molecule has 0 atom stereocenters. The summed E-state index contributed by atoms with van der Waals surface area (Å²) in [6.07, 6.45) is 0. The molecule has 0 fully saturated rings. The van der Waals surface area contributed by atoms with Crippen LogP contribution in [-0.2, 0) is 9.47 Å². The van der Waals surface area contributed by atoms with E-state index in [-0.39, 0.29) is 37.7 Å². The average molecular weight is 230 g/mol. The second-order valence-corrected chi connectivity index (χ2v) is 2.44. The fourth-order valence-electron chi connectivity index (χ4n) is 0.876. The maximum absolute atomic E-state index is 11.0. The summed E-state index contributed by atoms with van der Waals surface area (Å²) in [7, 11) is 2.11. The number of esters is 2.